The highest BCUT2D eigenvalue weighted by molar-refractivity contribution is 5.25. The van der Waals surface area contributed by atoms with E-state index >= 15 is 0 Å². The van der Waals surface area contributed by atoms with E-state index in [1.54, 1.807) is 0 Å². The van der Waals surface area contributed by atoms with Gasteiger partial charge in [-0.25, -0.2) is 10.8 Å². The van der Waals surface area contributed by atoms with Crippen molar-refractivity contribution < 1.29 is 0 Å². The molecular formula is C8H14N4O. The number of hydrazine groups is 1. The van der Waals surface area contributed by atoms with Gasteiger partial charge in [-0.2, -0.15) is 0 Å². The van der Waals surface area contributed by atoms with Crippen LogP contribution in [-0.2, 0) is 5.41 Å². The van der Waals surface area contributed by atoms with Gasteiger partial charge in [-0.05, 0) is 5.41 Å². The van der Waals surface area contributed by atoms with Crippen LogP contribution >= 0.6 is 0 Å². The summed E-state index contributed by atoms with van der Waals surface area (Å²) >= 11 is 0. The first-order valence-corrected chi connectivity index (χ1v) is 4.01. The Morgan fingerprint density at radius 1 is 1.54 bits per heavy atom. The second-order valence-electron chi connectivity index (χ2n) is 3.87. The Kier molecular flexibility index (Phi) is 2.38. The lowest BCUT2D eigenvalue weighted by Gasteiger charge is -2.16. The second-order valence-corrected chi connectivity index (χ2v) is 3.87. The van der Waals surface area contributed by atoms with Gasteiger partial charge in [-0.15, -0.1) is 0 Å². The molecule has 0 amide bonds. The molecule has 0 aliphatic carbocycles. The lowest BCUT2D eigenvalue weighted by Crippen LogP contribution is -2.26. The Bertz CT molecular complexity index is 350. The molecule has 0 bridgehead atoms. The van der Waals surface area contributed by atoms with Gasteiger partial charge in [0.25, 0.3) is 5.56 Å². The number of rotatable bonds is 1. The predicted molar refractivity (Wildman–Crippen MR) is 51.4 cm³/mol. The zero-order chi connectivity index (χ0) is 10.1. The van der Waals surface area contributed by atoms with Crippen LogP contribution in [0.3, 0.4) is 0 Å². The van der Waals surface area contributed by atoms with Crippen LogP contribution in [0.2, 0.25) is 0 Å². The van der Waals surface area contributed by atoms with E-state index in [-0.39, 0.29) is 16.9 Å². The molecule has 0 aliphatic rings. The van der Waals surface area contributed by atoms with Crippen molar-refractivity contribution in [2.45, 2.75) is 26.2 Å². The Morgan fingerprint density at radius 2 is 2.15 bits per heavy atom. The molecule has 0 fully saturated rings. The Labute approximate surface area is 76.4 Å². The van der Waals surface area contributed by atoms with Gasteiger partial charge in [0.05, 0.1) is 0 Å². The highest BCUT2D eigenvalue weighted by Crippen LogP contribution is 2.17. The SMILES string of the molecule is CC(C)(C)c1cnc(NN)[nH]c1=O. The third-order valence-corrected chi connectivity index (χ3v) is 1.74. The molecule has 5 heteroatoms. The van der Waals surface area contributed by atoms with Crippen LogP contribution in [0.4, 0.5) is 5.95 Å². The highest BCUT2D eigenvalue weighted by atomic mass is 16.1. The maximum atomic E-state index is 11.5. The molecule has 0 aromatic carbocycles. The number of aromatic nitrogens is 2. The molecule has 1 heterocycles. The number of hydrogen-bond acceptors (Lipinski definition) is 4. The minimum absolute atomic E-state index is 0.157. The zero-order valence-corrected chi connectivity index (χ0v) is 8.01. The van der Waals surface area contributed by atoms with Crippen molar-refractivity contribution in [2.24, 2.45) is 5.84 Å². The molecule has 72 valence electrons. The van der Waals surface area contributed by atoms with Crippen molar-refractivity contribution in [3.05, 3.63) is 22.1 Å². The van der Waals surface area contributed by atoms with Gasteiger partial charge < -0.3 is 0 Å². The topological polar surface area (TPSA) is 83.8 Å². The third-order valence-electron chi connectivity index (χ3n) is 1.74. The summed E-state index contributed by atoms with van der Waals surface area (Å²) in [4.78, 5) is 17.9. The zero-order valence-electron chi connectivity index (χ0n) is 8.01. The van der Waals surface area contributed by atoms with Gasteiger partial charge in [0.1, 0.15) is 0 Å². The van der Waals surface area contributed by atoms with Crippen LogP contribution < -0.4 is 16.8 Å². The van der Waals surface area contributed by atoms with Crippen molar-refractivity contribution >= 4 is 5.95 Å². The molecule has 0 saturated heterocycles. The fourth-order valence-corrected chi connectivity index (χ4v) is 1.00. The first-order valence-electron chi connectivity index (χ1n) is 4.01. The van der Waals surface area contributed by atoms with Crippen molar-refractivity contribution in [2.75, 3.05) is 5.43 Å². The fraction of sp³-hybridized carbons (Fsp3) is 0.500. The molecule has 0 aliphatic heterocycles. The van der Waals surface area contributed by atoms with Crippen LogP contribution in [0.1, 0.15) is 26.3 Å². The van der Waals surface area contributed by atoms with E-state index in [1.807, 2.05) is 20.8 Å². The van der Waals surface area contributed by atoms with Crippen LogP contribution in [0.15, 0.2) is 11.0 Å². The molecular weight excluding hydrogens is 168 g/mol. The lowest BCUT2D eigenvalue weighted by atomic mass is 9.89. The number of nitrogens with zero attached hydrogens (tertiary/aromatic N) is 1. The molecule has 0 spiro atoms. The van der Waals surface area contributed by atoms with E-state index in [9.17, 15) is 4.79 Å². The quantitative estimate of drug-likeness (QED) is 0.432. The number of aromatic amines is 1. The number of nitrogens with one attached hydrogen (secondary N) is 2. The monoisotopic (exact) mass is 182 g/mol. The minimum atomic E-state index is -0.201. The molecule has 0 radical (unpaired) electrons. The molecule has 1 aromatic heterocycles. The molecule has 5 nitrogen and oxygen atoms in total. The highest BCUT2D eigenvalue weighted by Gasteiger charge is 2.17. The van der Waals surface area contributed by atoms with Crippen LogP contribution in [0.5, 0.6) is 0 Å². The maximum Gasteiger partial charge on any atom is 0.256 e. The molecule has 0 atom stereocenters. The summed E-state index contributed by atoms with van der Waals surface area (Å²) in [6.45, 7) is 5.86. The van der Waals surface area contributed by atoms with E-state index in [4.69, 9.17) is 5.84 Å². The number of anilines is 1. The van der Waals surface area contributed by atoms with E-state index < -0.39 is 0 Å². The van der Waals surface area contributed by atoms with Gasteiger partial charge in [0.2, 0.25) is 5.95 Å². The predicted octanol–water partition coefficient (Wildman–Crippen LogP) is 0.353. The second kappa shape index (κ2) is 3.18. The maximum absolute atomic E-state index is 11.5. The molecule has 0 unspecified atom stereocenters. The Morgan fingerprint density at radius 3 is 2.54 bits per heavy atom. The summed E-state index contributed by atoms with van der Waals surface area (Å²) in [6.07, 6.45) is 1.54. The van der Waals surface area contributed by atoms with Gasteiger partial charge in [0.15, 0.2) is 0 Å². The molecule has 13 heavy (non-hydrogen) atoms. The van der Waals surface area contributed by atoms with Gasteiger partial charge in [-0.1, -0.05) is 20.8 Å². The lowest BCUT2D eigenvalue weighted by molar-refractivity contribution is 0.578. The van der Waals surface area contributed by atoms with E-state index in [0.29, 0.717) is 5.56 Å². The first-order chi connectivity index (χ1) is 5.95. The molecule has 1 aromatic rings. The van der Waals surface area contributed by atoms with Crippen LogP contribution in [0, 0.1) is 0 Å². The standard InChI is InChI=1S/C8H14N4O/c1-8(2,3)5-4-10-7(12-9)11-6(5)13/h4H,9H2,1-3H3,(H2,10,11,12,13). The summed E-state index contributed by atoms with van der Waals surface area (Å²) in [5.41, 5.74) is 2.57. The summed E-state index contributed by atoms with van der Waals surface area (Å²) in [6, 6.07) is 0. The summed E-state index contributed by atoms with van der Waals surface area (Å²) in [5, 5.41) is 0. The number of H-pyrrole nitrogens is 1. The summed E-state index contributed by atoms with van der Waals surface area (Å²) in [7, 11) is 0. The third kappa shape index (κ3) is 2.06. The first kappa shape index (κ1) is 9.73. The van der Waals surface area contributed by atoms with E-state index in [2.05, 4.69) is 15.4 Å². The fourth-order valence-electron chi connectivity index (χ4n) is 1.00. The van der Waals surface area contributed by atoms with Gasteiger partial charge in [-0.3, -0.25) is 15.2 Å². The van der Waals surface area contributed by atoms with Crippen molar-refractivity contribution in [1.29, 1.82) is 0 Å². The largest absolute Gasteiger partial charge is 0.294 e. The van der Waals surface area contributed by atoms with Crippen LogP contribution in [-0.4, -0.2) is 9.97 Å². The smallest absolute Gasteiger partial charge is 0.256 e. The minimum Gasteiger partial charge on any atom is -0.294 e. The normalized spacial score (nSPS) is 11.4. The molecule has 1 rings (SSSR count). The molecule has 0 saturated carbocycles. The average Bonchev–Trinajstić information content (AvgIpc) is 2.01. The molecule has 4 N–H and O–H groups in total. The summed E-state index contributed by atoms with van der Waals surface area (Å²) < 4.78 is 0. The Hall–Kier alpha value is -1.36. The van der Waals surface area contributed by atoms with Gasteiger partial charge >= 0.3 is 0 Å². The van der Waals surface area contributed by atoms with Crippen molar-refractivity contribution in [3.63, 3.8) is 0 Å². The van der Waals surface area contributed by atoms with Gasteiger partial charge in [0, 0.05) is 11.8 Å². The number of nitrogens with two attached hydrogens (primary N) is 1. The van der Waals surface area contributed by atoms with Crippen molar-refractivity contribution in [3.8, 4) is 0 Å². The van der Waals surface area contributed by atoms with E-state index in [1.165, 1.54) is 6.20 Å². The summed E-state index contributed by atoms with van der Waals surface area (Å²) in [5.74, 6) is 5.37. The Balaban J connectivity index is 3.21. The van der Waals surface area contributed by atoms with Crippen molar-refractivity contribution in [1.82, 2.24) is 9.97 Å². The number of nitrogen functional groups attached to an aromatic ring is 1. The van der Waals surface area contributed by atoms with Crippen LogP contribution in [0.25, 0.3) is 0 Å². The average molecular weight is 182 g/mol. The number of hydrogen-bond donors (Lipinski definition) is 3. The van der Waals surface area contributed by atoms with E-state index in [0.717, 1.165) is 0 Å².